The van der Waals surface area contributed by atoms with Gasteiger partial charge < -0.3 is 4.74 Å². The second-order valence-corrected chi connectivity index (χ2v) is 6.97. The van der Waals surface area contributed by atoms with Crippen LogP contribution in [0, 0.1) is 16.7 Å². The molecule has 0 bridgehead atoms. The highest BCUT2D eigenvalue weighted by Gasteiger charge is 2.50. The van der Waals surface area contributed by atoms with E-state index in [2.05, 4.69) is 20.8 Å². The summed E-state index contributed by atoms with van der Waals surface area (Å²) in [6, 6.07) is 0. The van der Waals surface area contributed by atoms with E-state index in [1.165, 1.54) is 19.6 Å². The van der Waals surface area contributed by atoms with Crippen molar-refractivity contribution in [3.05, 3.63) is 23.5 Å². The molecule has 0 amide bonds. The molecule has 2 atom stereocenters. The molecule has 0 spiro atoms. The highest BCUT2D eigenvalue weighted by molar-refractivity contribution is 5.81. The Morgan fingerprint density at radius 2 is 2.05 bits per heavy atom. The third-order valence-electron chi connectivity index (χ3n) is 5.20. The minimum Gasteiger partial charge on any atom is -0.434 e. The second-order valence-electron chi connectivity index (χ2n) is 6.97. The average molecular weight is 276 g/mol. The molecule has 3 heteroatoms. The predicted molar refractivity (Wildman–Crippen MR) is 77.8 cm³/mol. The molecular weight excluding hydrogens is 252 g/mol. The topological polar surface area (TPSA) is 43.4 Å². The first kappa shape index (κ1) is 15.0. The van der Waals surface area contributed by atoms with Gasteiger partial charge in [0.05, 0.1) is 6.26 Å². The summed E-state index contributed by atoms with van der Waals surface area (Å²) in [5.74, 6) is 0.137. The fraction of sp³-hybridized carbons (Fsp3) is 0.647. The van der Waals surface area contributed by atoms with E-state index >= 15 is 0 Å². The summed E-state index contributed by atoms with van der Waals surface area (Å²) in [4.78, 5) is 22.4. The van der Waals surface area contributed by atoms with E-state index in [9.17, 15) is 9.59 Å². The highest BCUT2D eigenvalue weighted by Crippen LogP contribution is 2.59. The second kappa shape index (κ2) is 5.19. The summed E-state index contributed by atoms with van der Waals surface area (Å²) in [5, 5.41) is 0. The molecule has 0 aromatic heterocycles. The summed E-state index contributed by atoms with van der Waals surface area (Å²) in [6.07, 6.45) is 8.71. The van der Waals surface area contributed by atoms with Crippen molar-refractivity contribution in [1.29, 1.82) is 0 Å². The monoisotopic (exact) mass is 276 g/mol. The molecule has 0 N–H and O–H groups in total. The van der Waals surface area contributed by atoms with Crippen LogP contribution >= 0.6 is 0 Å². The Balaban J connectivity index is 2.47. The summed E-state index contributed by atoms with van der Waals surface area (Å²) >= 11 is 0. The third-order valence-corrected chi connectivity index (χ3v) is 5.20. The largest absolute Gasteiger partial charge is 0.434 e. The molecule has 1 saturated carbocycles. The van der Waals surface area contributed by atoms with Gasteiger partial charge in [0.15, 0.2) is 0 Å². The molecule has 110 valence electrons. The van der Waals surface area contributed by atoms with Crippen LogP contribution in [-0.4, -0.2) is 12.3 Å². The number of rotatable bonds is 2. The Morgan fingerprint density at radius 1 is 1.35 bits per heavy atom. The molecular formula is C17H24O3. The maximum absolute atomic E-state index is 11.3. The molecule has 2 aliphatic carbocycles. The van der Waals surface area contributed by atoms with Crippen molar-refractivity contribution in [2.24, 2.45) is 16.7 Å². The number of hydrogen-bond donors (Lipinski definition) is 0. The maximum Gasteiger partial charge on any atom is 0.307 e. The van der Waals surface area contributed by atoms with Gasteiger partial charge in [-0.2, -0.15) is 0 Å². The first-order chi connectivity index (χ1) is 9.31. The molecule has 0 aliphatic heterocycles. The molecule has 0 aromatic rings. The van der Waals surface area contributed by atoms with Crippen LogP contribution in [0.25, 0.3) is 0 Å². The van der Waals surface area contributed by atoms with Crippen LogP contribution in [0.1, 0.15) is 53.4 Å². The van der Waals surface area contributed by atoms with Gasteiger partial charge in [0.2, 0.25) is 0 Å². The molecule has 1 fully saturated rings. The molecule has 0 heterocycles. The van der Waals surface area contributed by atoms with Crippen molar-refractivity contribution in [2.75, 3.05) is 0 Å². The van der Waals surface area contributed by atoms with Gasteiger partial charge >= 0.3 is 5.97 Å². The van der Waals surface area contributed by atoms with Crippen LogP contribution in [-0.2, 0) is 14.3 Å². The summed E-state index contributed by atoms with van der Waals surface area (Å²) in [6.45, 7) is 8.20. The molecule has 0 saturated heterocycles. The van der Waals surface area contributed by atoms with Crippen molar-refractivity contribution in [3.63, 3.8) is 0 Å². The number of hydrogen-bond acceptors (Lipinski definition) is 3. The summed E-state index contributed by atoms with van der Waals surface area (Å²) in [5.41, 5.74) is 1.74. The van der Waals surface area contributed by atoms with Gasteiger partial charge in [0, 0.05) is 18.1 Å². The van der Waals surface area contributed by atoms with Crippen LogP contribution in [0.15, 0.2) is 23.5 Å². The lowest BCUT2D eigenvalue weighted by molar-refractivity contribution is -0.135. The number of esters is 1. The van der Waals surface area contributed by atoms with Crippen LogP contribution in [0.2, 0.25) is 0 Å². The smallest absolute Gasteiger partial charge is 0.307 e. The van der Waals surface area contributed by atoms with E-state index in [-0.39, 0.29) is 16.8 Å². The van der Waals surface area contributed by atoms with Crippen molar-refractivity contribution < 1.29 is 14.3 Å². The van der Waals surface area contributed by atoms with E-state index < -0.39 is 0 Å². The Morgan fingerprint density at radius 3 is 2.65 bits per heavy atom. The van der Waals surface area contributed by atoms with Crippen molar-refractivity contribution in [3.8, 4) is 0 Å². The minimum absolute atomic E-state index is 0.0812. The number of aldehydes is 1. The van der Waals surface area contributed by atoms with E-state index in [0.717, 1.165) is 31.1 Å². The van der Waals surface area contributed by atoms with Crippen LogP contribution in [0.5, 0.6) is 0 Å². The molecule has 0 radical (unpaired) electrons. The Labute approximate surface area is 121 Å². The van der Waals surface area contributed by atoms with E-state index in [0.29, 0.717) is 11.5 Å². The molecule has 20 heavy (non-hydrogen) atoms. The number of carbonyl (C=O) groups is 2. The summed E-state index contributed by atoms with van der Waals surface area (Å²) < 4.78 is 5.10. The van der Waals surface area contributed by atoms with Gasteiger partial charge in [-0.15, -0.1) is 0 Å². The fourth-order valence-corrected chi connectivity index (χ4v) is 4.16. The SMILES string of the molecule is CC(=O)OC=C1C(C=O)=CC[C@H]2C(C)(C)CCC[C@]12C. The predicted octanol–water partition coefficient (Wildman–Crippen LogP) is 3.80. The lowest BCUT2D eigenvalue weighted by atomic mass is 9.51. The minimum atomic E-state index is -0.344. The van der Waals surface area contributed by atoms with Gasteiger partial charge in [-0.05, 0) is 36.0 Å². The van der Waals surface area contributed by atoms with E-state index in [4.69, 9.17) is 4.74 Å². The molecule has 2 aliphatic rings. The van der Waals surface area contributed by atoms with Gasteiger partial charge in [-0.25, -0.2) is 0 Å². The highest BCUT2D eigenvalue weighted by atomic mass is 16.5. The number of fused-ring (bicyclic) bond motifs is 1. The van der Waals surface area contributed by atoms with E-state index in [1.54, 1.807) is 0 Å². The standard InChI is InChI=1S/C17H24O3/c1-12(19)20-11-14-13(10-18)6-7-15-16(2,3)8-5-9-17(14,15)4/h6,10-11,15H,5,7-9H2,1-4H3/t15-,17+/m0/s1. The number of allylic oxidation sites excluding steroid dienone is 3. The maximum atomic E-state index is 11.3. The van der Waals surface area contributed by atoms with Crippen molar-refractivity contribution in [1.82, 2.24) is 0 Å². The van der Waals surface area contributed by atoms with Gasteiger partial charge in [0.25, 0.3) is 0 Å². The molecule has 0 unspecified atom stereocenters. The zero-order chi connectivity index (χ0) is 15.0. The zero-order valence-electron chi connectivity index (χ0n) is 12.9. The number of ether oxygens (including phenoxy) is 1. The lowest BCUT2D eigenvalue weighted by Gasteiger charge is -2.53. The quantitative estimate of drug-likeness (QED) is 0.438. The fourth-order valence-electron chi connectivity index (χ4n) is 4.16. The van der Waals surface area contributed by atoms with Crippen molar-refractivity contribution >= 4 is 12.3 Å². The number of carbonyl (C=O) groups excluding carboxylic acids is 2. The lowest BCUT2D eigenvalue weighted by Crippen LogP contribution is -2.45. The first-order valence-corrected chi connectivity index (χ1v) is 7.35. The summed E-state index contributed by atoms with van der Waals surface area (Å²) in [7, 11) is 0. The zero-order valence-corrected chi connectivity index (χ0v) is 12.9. The first-order valence-electron chi connectivity index (χ1n) is 7.35. The van der Waals surface area contributed by atoms with Crippen molar-refractivity contribution in [2.45, 2.75) is 53.4 Å². The van der Waals surface area contributed by atoms with Crippen LogP contribution < -0.4 is 0 Å². The Hall–Kier alpha value is -1.38. The molecule has 3 nitrogen and oxygen atoms in total. The Bertz CT molecular complexity index is 484. The van der Waals surface area contributed by atoms with Gasteiger partial charge in [-0.3, -0.25) is 9.59 Å². The molecule has 0 aromatic carbocycles. The van der Waals surface area contributed by atoms with Crippen LogP contribution in [0.4, 0.5) is 0 Å². The third kappa shape index (κ3) is 2.46. The van der Waals surface area contributed by atoms with E-state index in [1.807, 2.05) is 6.08 Å². The van der Waals surface area contributed by atoms with Gasteiger partial charge in [0.1, 0.15) is 6.29 Å². The average Bonchev–Trinajstić information content (AvgIpc) is 2.34. The van der Waals surface area contributed by atoms with Gasteiger partial charge in [-0.1, -0.05) is 33.3 Å². The van der Waals surface area contributed by atoms with Crippen LogP contribution in [0.3, 0.4) is 0 Å². The normalized spacial score (nSPS) is 34.1. The Kier molecular flexibility index (Phi) is 3.90. The molecule has 2 rings (SSSR count).